The van der Waals surface area contributed by atoms with Gasteiger partial charge in [-0.1, -0.05) is 11.3 Å². The normalized spacial score (nSPS) is 11.4. The third kappa shape index (κ3) is 2.95. The molecule has 22 heavy (non-hydrogen) atoms. The number of halogens is 4. The van der Waals surface area contributed by atoms with Gasteiger partial charge >= 0.3 is 6.18 Å². The van der Waals surface area contributed by atoms with Gasteiger partial charge < -0.3 is 0 Å². The molecule has 0 aliphatic heterocycles. The van der Waals surface area contributed by atoms with Crippen LogP contribution in [0.25, 0.3) is 16.2 Å². The summed E-state index contributed by atoms with van der Waals surface area (Å²) >= 11 is 0.435. The second-order valence-electron chi connectivity index (χ2n) is 4.06. The lowest BCUT2D eigenvalue weighted by Crippen LogP contribution is -2.04. The van der Waals surface area contributed by atoms with Crippen molar-refractivity contribution in [3.63, 3.8) is 0 Å². The molecule has 1 aromatic carbocycles. The quantitative estimate of drug-likeness (QED) is 0.486. The molecule has 2 heterocycles. The number of rotatable bonds is 2. The fraction of sp³-hybridized carbons (Fsp3) is 0.0909. The summed E-state index contributed by atoms with van der Waals surface area (Å²) in [6, 6.07) is 5.57. The Bertz CT molecular complexity index is 797. The lowest BCUT2D eigenvalue weighted by molar-refractivity contribution is -0.384. The number of fused-ring (bicyclic) bond motifs is 1. The number of benzene rings is 1. The van der Waals surface area contributed by atoms with Gasteiger partial charge in [0.2, 0.25) is 9.97 Å². The Morgan fingerprint density at radius 1 is 1.23 bits per heavy atom. The number of alkyl halides is 3. The summed E-state index contributed by atoms with van der Waals surface area (Å²) in [6.45, 7) is 0. The van der Waals surface area contributed by atoms with Gasteiger partial charge in [0.1, 0.15) is 0 Å². The van der Waals surface area contributed by atoms with E-state index in [4.69, 9.17) is 0 Å². The van der Waals surface area contributed by atoms with Gasteiger partial charge in [0.05, 0.1) is 16.8 Å². The van der Waals surface area contributed by atoms with Crippen LogP contribution >= 0.6 is 28.3 Å². The molecule has 6 nitrogen and oxygen atoms in total. The van der Waals surface area contributed by atoms with Crippen molar-refractivity contribution in [2.45, 2.75) is 6.18 Å². The van der Waals surface area contributed by atoms with E-state index in [2.05, 4.69) is 10.1 Å². The Hall–Kier alpha value is -2.01. The summed E-state index contributed by atoms with van der Waals surface area (Å²) in [7, 11) is 0. The first-order valence-corrected chi connectivity index (χ1v) is 6.34. The van der Waals surface area contributed by atoms with Crippen LogP contribution in [0.2, 0.25) is 0 Å². The molecule has 0 fully saturated rings. The summed E-state index contributed by atoms with van der Waals surface area (Å²) in [5.74, 6) is 0. The fourth-order valence-corrected chi connectivity index (χ4v) is 2.46. The smallest absolute Gasteiger partial charge is 0.258 e. The fourth-order valence-electron chi connectivity index (χ4n) is 1.71. The van der Waals surface area contributed by atoms with Gasteiger partial charge in [-0.2, -0.15) is 13.2 Å². The highest BCUT2D eigenvalue weighted by molar-refractivity contribution is 8.93. The zero-order valence-electron chi connectivity index (χ0n) is 10.4. The number of hydrogen-bond donors (Lipinski definition) is 0. The largest absolute Gasteiger partial charge is 0.445 e. The van der Waals surface area contributed by atoms with Crippen LogP contribution in [0.4, 0.5) is 18.9 Å². The minimum atomic E-state index is -4.50. The Morgan fingerprint density at radius 2 is 1.86 bits per heavy atom. The molecule has 0 radical (unpaired) electrons. The lowest BCUT2D eigenvalue weighted by atomic mass is 10.1. The van der Waals surface area contributed by atoms with E-state index >= 15 is 0 Å². The van der Waals surface area contributed by atoms with E-state index in [1.165, 1.54) is 30.5 Å². The van der Waals surface area contributed by atoms with Crippen molar-refractivity contribution in [2.24, 2.45) is 0 Å². The average Bonchev–Trinajstić information content (AvgIpc) is 2.96. The Kier molecular flexibility index (Phi) is 4.20. The molecular weight excluding hydrogens is 389 g/mol. The van der Waals surface area contributed by atoms with Crippen molar-refractivity contribution in [1.82, 2.24) is 14.6 Å². The molecule has 11 heteroatoms. The third-order valence-corrected chi connectivity index (χ3v) is 3.63. The second kappa shape index (κ2) is 5.65. The SMILES string of the molecule is Br.O=[N+]([O-])c1ccc(-c2cn3nc(C(F)(F)F)sc3n2)cc1. The van der Waals surface area contributed by atoms with E-state index in [0.717, 1.165) is 4.52 Å². The Morgan fingerprint density at radius 3 is 2.36 bits per heavy atom. The van der Waals surface area contributed by atoms with Crippen molar-refractivity contribution in [3.8, 4) is 11.3 Å². The highest BCUT2D eigenvalue weighted by atomic mass is 79.9. The average molecular weight is 395 g/mol. The first-order valence-electron chi connectivity index (χ1n) is 5.53. The maximum atomic E-state index is 12.5. The number of aromatic nitrogens is 3. The molecule has 0 bridgehead atoms. The summed E-state index contributed by atoms with van der Waals surface area (Å²) in [5.41, 5.74) is 0.890. The molecule has 0 aliphatic rings. The van der Waals surface area contributed by atoms with Crippen LogP contribution in [0.1, 0.15) is 5.01 Å². The van der Waals surface area contributed by atoms with E-state index in [9.17, 15) is 23.3 Å². The number of nitro benzene ring substituents is 1. The van der Waals surface area contributed by atoms with Gasteiger partial charge in [-0.25, -0.2) is 9.50 Å². The molecule has 0 unspecified atom stereocenters. The predicted octanol–water partition coefficient (Wildman–Crippen LogP) is 3.96. The lowest BCUT2D eigenvalue weighted by Gasteiger charge is -1.98. The molecule has 0 saturated carbocycles. The Labute approximate surface area is 135 Å². The molecule has 3 aromatic rings. The van der Waals surface area contributed by atoms with E-state index in [0.29, 0.717) is 22.6 Å². The summed E-state index contributed by atoms with van der Waals surface area (Å²) in [6.07, 6.45) is -3.15. The summed E-state index contributed by atoms with van der Waals surface area (Å²) in [5, 5.41) is 13.0. The van der Waals surface area contributed by atoms with Crippen molar-refractivity contribution < 1.29 is 18.1 Å². The monoisotopic (exact) mass is 394 g/mol. The van der Waals surface area contributed by atoms with Crippen LogP contribution < -0.4 is 0 Å². The van der Waals surface area contributed by atoms with Crippen LogP contribution in [-0.4, -0.2) is 19.5 Å². The number of non-ortho nitro benzene ring substituents is 1. The zero-order valence-corrected chi connectivity index (χ0v) is 13.0. The highest BCUT2D eigenvalue weighted by Gasteiger charge is 2.35. The van der Waals surface area contributed by atoms with Crippen molar-refractivity contribution in [2.75, 3.05) is 0 Å². The van der Waals surface area contributed by atoms with Crippen molar-refractivity contribution in [3.05, 3.63) is 45.6 Å². The Balaban J connectivity index is 0.00000176. The first kappa shape index (κ1) is 16.4. The molecule has 0 spiro atoms. The summed E-state index contributed by atoms with van der Waals surface area (Å²) < 4.78 is 38.5. The molecule has 116 valence electrons. The van der Waals surface area contributed by atoms with Crippen LogP contribution in [-0.2, 0) is 6.18 Å². The van der Waals surface area contributed by atoms with Gasteiger partial charge in [0.25, 0.3) is 5.69 Å². The van der Waals surface area contributed by atoms with Gasteiger partial charge in [-0.05, 0) is 12.1 Å². The third-order valence-electron chi connectivity index (χ3n) is 2.66. The van der Waals surface area contributed by atoms with Gasteiger partial charge in [-0.3, -0.25) is 10.1 Å². The van der Waals surface area contributed by atoms with E-state index < -0.39 is 16.1 Å². The van der Waals surface area contributed by atoms with Gasteiger partial charge in [0, 0.05) is 17.7 Å². The van der Waals surface area contributed by atoms with Crippen LogP contribution in [0.3, 0.4) is 0 Å². The summed E-state index contributed by atoms with van der Waals surface area (Å²) in [4.78, 5) is 14.2. The van der Waals surface area contributed by atoms with Crippen LogP contribution in [0.15, 0.2) is 30.5 Å². The molecule has 0 aliphatic carbocycles. The van der Waals surface area contributed by atoms with E-state index in [-0.39, 0.29) is 27.6 Å². The molecular formula is C11H6BrF3N4O2S. The van der Waals surface area contributed by atoms with Crippen molar-refractivity contribution in [1.29, 1.82) is 0 Å². The number of hydrogen-bond acceptors (Lipinski definition) is 5. The molecule has 3 rings (SSSR count). The molecule has 2 aromatic heterocycles. The molecule has 0 N–H and O–H groups in total. The van der Waals surface area contributed by atoms with Gasteiger partial charge in [-0.15, -0.1) is 22.1 Å². The topological polar surface area (TPSA) is 73.3 Å². The minimum Gasteiger partial charge on any atom is -0.258 e. The molecule has 0 atom stereocenters. The first-order chi connectivity index (χ1) is 9.84. The highest BCUT2D eigenvalue weighted by Crippen LogP contribution is 2.33. The number of nitro groups is 1. The number of nitrogens with zero attached hydrogens (tertiary/aromatic N) is 4. The van der Waals surface area contributed by atoms with Crippen LogP contribution in [0, 0.1) is 10.1 Å². The maximum Gasteiger partial charge on any atom is 0.445 e. The zero-order chi connectivity index (χ0) is 15.2. The minimum absolute atomic E-state index is 0. The second-order valence-corrected chi connectivity index (χ2v) is 5.02. The van der Waals surface area contributed by atoms with Crippen molar-refractivity contribution >= 4 is 39.0 Å². The maximum absolute atomic E-state index is 12.5. The molecule has 0 saturated heterocycles. The standard InChI is InChI=1S/C11H5F3N4O2S.BrH/c12-11(13,14)9-16-17-5-8(15-10(17)21-9)6-1-3-7(4-2-6)18(19)20;/h1-5H;1H. The van der Waals surface area contributed by atoms with Crippen LogP contribution in [0.5, 0.6) is 0 Å². The number of imidazole rings is 1. The van der Waals surface area contributed by atoms with E-state index in [1.807, 2.05) is 0 Å². The van der Waals surface area contributed by atoms with E-state index in [1.54, 1.807) is 0 Å². The predicted molar refractivity (Wildman–Crippen MR) is 78.3 cm³/mol. The van der Waals surface area contributed by atoms with Gasteiger partial charge in [0.15, 0.2) is 0 Å². The molecule has 0 amide bonds.